The van der Waals surface area contributed by atoms with Crippen molar-refractivity contribution in [3.8, 4) is 0 Å². The van der Waals surface area contributed by atoms with Gasteiger partial charge in [-0.25, -0.2) is 0 Å². The molecule has 0 aliphatic heterocycles. The summed E-state index contributed by atoms with van der Waals surface area (Å²) >= 11 is 1.66. The van der Waals surface area contributed by atoms with Gasteiger partial charge in [0, 0.05) is 0 Å². The van der Waals surface area contributed by atoms with Crippen molar-refractivity contribution in [1.29, 1.82) is 0 Å². The van der Waals surface area contributed by atoms with Crippen LogP contribution in [0.4, 0.5) is 0 Å². The zero-order valence-corrected chi connectivity index (χ0v) is 7.61. The molecule has 0 nitrogen and oxygen atoms in total. The van der Waals surface area contributed by atoms with Crippen molar-refractivity contribution >= 4 is 21.4 Å². The van der Waals surface area contributed by atoms with Crippen LogP contribution in [-0.2, 0) is 0 Å². The van der Waals surface area contributed by atoms with Gasteiger partial charge in [0.2, 0.25) is 0 Å². The Kier molecular flexibility index (Phi) is 5.27. The minimum Gasteiger partial charge on any atom is -1.00 e. The summed E-state index contributed by atoms with van der Waals surface area (Å²) in [7, 11) is 0. The summed E-state index contributed by atoms with van der Waals surface area (Å²) < 4.78 is 1.32. The number of rotatable bonds is 0. The predicted molar refractivity (Wildman–Crippen MR) is 41.8 cm³/mol. The van der Waals surface area contributed by atoms with Gasteiger partial charge in [-0.2, -0.15) is 11.5 Å². The third-order valence-electron chi connectivity index (χ3n) is 1.30. The molecule has 1 heterocycles. The van der Waals surface area contributed by atoms with Crippen molar-refractivity contribution in [3.05, 3.63) is 35.7 Å². The SMILES string of the molecule is [H-].[Li+].[Li+].[c-]1cc2ccccc2s1. The molecule has 0 spiro atoms. The van der Waals surface area contributed by atoms with E-state index in [1.165, 1.54) is 10.1 Å². The molecule has 11 heavy (non-hydrogen) atoms. The van der Waals surface area contributed by atoms with Crippen LogP contribution in [0.3, 0.4) is 0 Å². The van der Waals surface area contributed by atoms with E-state index in [4.69, 9.17) is 0 Å². The second kappa shape index (κ2) is 5.10. The first-order valence-electron chi connectivity index (χ1n) is 2.81. The summed E-state index contributed by atoms with van der Waals surface area (Å²) in [6.07, 6.45) is 0. The van der Waals surface area contributed by atoms with Crippen molar-refractivity contribution in [3.63, 3.8) is 0 Å². The molecular weight excluding hydrogens is 142 g/mol. The molecule has 0 radical (unpaired) electrons. The molecule has 2 rings (SSSR count). The van der Waals surface area contributed by atoms with E-state index in [1.54, 1.807) is 11.3 Å². The van der Waals surface area contributed by atoms with Gasteiger partial charge in [-0.3, -0.25) is 11.3 Å². The molecule has 0 saturated carbocycles. The summed E-state index contributed by atoms with van der Waals surface area (Å²) in [6, 6.07) is 10.3. The van der Waals surface area contributed by atoms with E-state index < -0.39 is 0 Å². The Morgan fingerprint density at radius 1 is 1.18 bits per heavy atom. The molecule has 0 aliphatic carbocycles. The molecule has 0 fully saturated rings. The topological polar surface area (TPSA) is 0 Å². The zero-order valence-electron chi connectivity index (χ0n) is 7.79. The third kappa shape index (κ3) is 2.41. The maximum absolute atomic E-state index is 3.08. The molecule has 0 saturated heterocycles. The zero-order chi connectivity index (χ0) is 6.10. The Morgan fingerprint density at radius 3 is 2.64 bits per heavy atom. The van der Waals surface area contributed by atoms with Crippen LogP contribution in [0.2, 0.25) is 0 Å². The fourth-order valence-corrected chi connectivity index (χ4v) is 1.55. The van der Waals surface area contributed by atoms with E-state index >= 15 is 0 Å². The van der Waals surface area contributed by atoms with Crippen LogP contribution in [0.25, 0.3) is 10.1 Å². The van der Waals surface area contributed by atoms with Gasteiger partial charge in [-0.15, -0.1) is 22.2 Å². The van der Waals surface area contributed by atoms with Gasteiger partial charge in [-0.05, 0) is 0 Å². The molecule has 0 amide bonds. The largest absolute Gasteiger partial charge is 1.00 e. The minimum absolute atomic E-state index is 0. The Balaban J connectivity index is 0. The monoisotopic (exact) mass is 148 g/mol. The van der Waals surface area contributed by atoms with E-state index in [0.717, 1.165) is 0 Å². The fourth-order valence-electron chi connectivity index (χ4n) is 0.849. The molecule has 0 unspecified atom stereocenters. The molecule has 46 valence electrons. The average molecular weight is 148 g/mol. The van der Waals surface area contributed by atoms with Crippen LogP contribution in [0, 0.1) is 5.38 Å². The number of fused-ring (bicyclic) bond motifs is 1. The molecule has 2 aromatic rings. The van der Waals surface area contributed by atoms with Gasteiger partial charge in [0.05, 0.1) is 0 Å². The van der Waals surface area contributed by atoms with Gasteiger partial charge >= 0.3 is 37.7 Å². The summed E-state index contributed by atoms with van der Waals surface area (Å²) in [4.78, 5) is 0. The molecule has 0 N–H and O–H groups in total. The average Bonchev–Trinajstić information content (AvgIpc) is 2.33. The van der Waals surface area contributed by atoms with Crippen molar-refractivity contribution in [2.75, 3.05) is 0 Å². The molecule has 1 aromatic carbocycles. The van der Waals surface area contributed by atoms with Gasteiger partial charge in [-0.1, -0.05) is 12.1 Å². The molecule has 0 bridgehead atoms. The standard InChI is InChI=1S/C8H5S.2Li.H/c1-2-4-8-7(3-1)5-6-9-8;;;/h1-5H;;;/q-1;2*+1;-1. The second-order valence-electron chi connectivity index (χ2n) is 1.90. The minimum atomic E-state index is 0. The smallest absolute Gasteiger partial charge is 1.00 e. The normalized spacial score (nSPS) is 8.36. The predicted octanol–water partition coefficient (Wildman–Crippen LogP) is -3.18. The molecular formula is C8H6Li2S. The summed E-state index contributed by atoms with van der Waals surface area (Å²) in [6.45, 7) is 0. The van der Waals surface area contributed by atoms with Gasteiger partial charge in [0.25, 0.3) is 0 Å². The third-order valence-corrected chi connectivity index (χ3v) is 2.13. The Bertz CT molecular complexity index is 291. The van der Waals surface area contributed by atoms with E-state index in [1.807, 2.05) is 18.2 Å². The Hall–Kier alpha value is 0.375. The number of thiophene rings is 1. The van der Waals surface area contributed by atoms with E-state index in [-0.39, 0.29) is 39.1 Å². The van der Waals surface area contributed by atoms with Gasteiger partial charge in [0.15, 0.2) is 0 Å². The van der Waals surface area contributed by atoms with E-state index in [2.05, 4.69) is 17.5 Å². The number of benzene rings is 1. The second-order valence-corrected chi connectivity index (χ2v) is 2.78. The van der Waals surface area contributed by atoms with Crippen LogP contribution in [0.5, 0.6) is 0 Å². The van der Waals surface area contributed by atoms with Crippen LogP contribution in [0.15, 0.2) is 30.3 Å². The molecule has 0 atom stereocenters. The van der Waals surface area contributed by atoms with Crippen LogP contribution in [-0.4, -0.2) is 0 Å². The van der Waals surface area contributed by atoms with Gasteiger partial charge in [0.1, 0.15) is 0 Å². The number of hydrogen-bond donors (Lipinski definition) is 0. The maximum Gasteiger partial charge on any atom is 1.00 e. The summed E-state index contributed by atoms with van der Waals surface area (Å²) in [5.74, 6) is 0. The molecule has 3 heteroatoms. The first-order valence-corrected chi connectivity index (χ1v) is 3.63. The van der Waals surface area contributed by atoms with Crippen LogP contribution >= 0.6 is 11.3 Å². The van der Waals surface area contributed by atoms with E-state index in [9.17, 15) is 0 Å². The molecule has 1 aromatic heterocycles. The first kappa shape index (κ1) is 11.4. The quantitative estimate of drug-likeness (QED) is 0.273. The van der Waals surface area contributed by atoms with E-state index in [0.29, 0.717) is 0 Å². The van der Waals surface area contributed by atoms with Crippen molar-refractivity contribution < 1.29 is 39.1 Å². The van der Waals surface area contributed by atoms with Crippen LogP contribution < -0.4 is 37.7 Å². The van der Waals surface area contributed by atoms with Gasteiger partial charge < -0.3 is 1.43 Å². The Morgan fingerprint density at radius 2 is 1.91 bits per heavy atom. The number of hydrogen-bond acceptors (Lipinski definition) is 1. The Labute approximate surface area is 95.8 Å². The fraction of sp³-hybridized carbons (Fsp3) is 0. The van der Waals surface area contributed by atoms with Crippen LogP contribution in [0.1, 0.15) is 1.43 Å². The van der Waals surface area contributed by atoms with Crippen molar-refractivity contribution in [2.24, 2.45) is 0 Å². The first-order chi connectivity index (χ1) is 4.47. The summed E-state index contributed by atoms with van der Waals surface area (Å²) in [5, 5.41) is 4.37. The maximum atomic E-state index is 3.08. The molecule has 0 aliphatic rings. The van der Waals surface area contributed by atoms with Crippen molar-refractivity contribution in [1.82, 2.24) is 0 Å². The van der Waals surface area contributed by atoms with Crippen molar-refractivity contribution in [2.45, 2.75) is 0 Å². The summed E-state index contributed by atoms with van der Waals surface area (Å²) in [5.41, 5.74) is 0.